The average molecular weight is 366 g/mol. The topological polar surface area (TPSA) is 89.3 Å². The largest absolute Gasteiger partial charge is 0.495 e. The first-order valence-corrected chi connectivity index (χ1v) is 8.59. The van der Waals surface area contributed by atoms with Crippen molar-refractivity contribution in [1.29, 1.82) is 0 Å². The number of carbonyl (C=O) groups excluding carboxylic acids is 1. The first kappa shape index (κ1) is 18.4. The first-order valence-electron chi connectivity index (χ1n) is 8.59. The van der Waals surface area contributed by atoms with Gasteiger partial charge in [0.1, 0.15) is 11.8 Å². The monoisotopic (exact) mass is 366 g/mol. The molecule has 7 heteroatoms. The average Bonchev–Trinajstić information content (AvgIpc) is 3.12. The van der Waals surface area contributed by atoms with Gasteiger partial charge in [0.2, 0.25) is 17.7 Å². The highest BCUT2D eigenvalue weighted by molar-refractivity contribution is 5.89. The summed E-state index contributed by atoms with van der Waals surface area (Å²) in [6.45, 7) is 5.39. The Kier molecular flexibility index (Phi) is 5.40. The highest BCUT2D eigenvalue weighted by Crippen LogP contribution is 2.31. The van der Waals surface area contributed by atoms with Gasteiger partial charge in [-0.25, -0.2) is 0 Å². The molecule has 27 heavy (non-hydrogen) atoms. The lowest BCUT2D eigenvalue weighted by Gasteiger charge is -2.16. The number of amides is 1. The lowest BCUT2D eigenvalue weighted by molar-refractivity contribution is -0.114. The Labute approximate surface area is 157 Å². The molecular weight excluding hydrogens is 344 g/mol. The second kappa shape index (κ2) is 7.90. The molecule has 0 bridgehead atoms. The van der Waals surface area contributed by atoms with E-state index in [1.807, 2.05) is 38.1 Å². The van der Waals surface area contributed by atoms with Gasteiger partial charge in [-0.05, 0) is 44.2 Å². The van der Waals surface area contributed by atoms with Crippen LogP contribution >= 0.6 is 0 Å². The van der Waals surface area contributed by atoms with Crippen LogP contribution in [0.25, 0.3) is 11.5 Å². The van der Waals surface area contributed by atoms with E-state index in [1.54, 1.807) is 25.3 Å². The van der Waals surface area contributed by atoms with Crippen molar-refractivity contribution in [2.24, 2.45) is 0 Å². The van der Waals surface area contributed by atoms with Crippen molar-refractivity contribution in [1.82, 2.24) is 10.2 Å². The summed E-state index contributed by atoms with van der Waals surface area (Å²) >= 11 is 0. The van der Waals surface area contributed by atoms with Gasteiger partial charge in [-0.2, -0.15) is 0 Å². The van der Waals surface area contributed by atoms with Crippen LogP contribution in [0.4, 0.5) is 11.4 Å². The molecule has 0 radical (unpaired) electrons. The van der Waals surface area contributed by atoms with E-state index in [2.05, 4.69) is 20.8 Å². The Hall–Kier alpha value is -3.35. The second-order valence-corrected chi connectivity index (χ2v) is 6.28. The Balaban J connectivity index is 1.81. The maximum absolute atomic E-state index is 11.3. The maximum Gasteiger partial charge on any atom is 0.247 e. The molecule has 1 amide bonds. The van der Waals surface area contributed by atoms with Crippen molar-refractivity contribution >= 4 is 17.3 Å². The van der Waals surface area contributed by atoms with Crippen LogP contribution in [0.3, 0.4) is 0 Å². The molecule has 1 unspecified atom stereocenters. The highest BCUT2D eigenvalue weighted by atomic mass is 16.5. The second-order valence-electron chi connectivity index (χ2n) is 6.28. The normalized spacial score (nSPS) is 11.7. The summed E-state index contributed by atoms with van der Waals surface area (Å²) in [5.41, 5.74) is 3.39. The number of nitrogens with zero attached hydrogens (tertiary/aromatic N) is 2. The number of aryl methyl sites for hydroxylation is 1. The summed E-state index contributed by atoms with van der Waals surface area (Å²) < 4.78 is 11.2. The molecule has 0 aliphatic heterocycles. The number of ether oxygens (including phenoxy) is 1. The molecule has 1 heterocycles. The number of benzene rings is 2. The van der Waals surface area contributed by atoms with Gasteiger partial charge in [-0.15, -0.1) is 10.2 Å². The number of methoxy groups -OCH3 is 1. The van der Waals surface area contributed by atoms with E-state index >= 15 is 0 Å². The van der Waals surface area contributed by atoms with Gasteiger partial charge in [-0.3, -0.25) is 4.79 Å². The van der Waals surface area contributed by atoms with E-state index in [0.717, 1.165) is 11.1 Å². The zero-order chi connectivity index (χ0) is 19.4. The van der Waals surface area contributed by atoms with E-state index in [0.29, 0.717) is 28.9 Å². The maximum atomic E-state index is 11.3. The number of anilines is 2. The summed E-state index contributed by atoms with van der Waals surface area (Å²) in [4.78, 5) is 11.3. The molecular formula is C20H22N4O3. The molecule has 2 aromatic carbocycles. The van der Waals surface area contributed by atoms with E-state index in [1.165, 1.54) is 6.92 Å². The summed E-state index contributed by atoms with van der Waals surface area (Å²) in [5, 5.41) is 14.3. The highest BCUT2D eigenvalue weighted by Gasteiger charge is 2.17. The van der Waals surface area contributed by atoms with Crippen LogP contribution in [-0.2, 0) is 4.79 Å². The number of rotatable bonds is 6. The van der Waals surface area contributed by atoms with E-state index in [9.17, 15) is 4.79 Å². The summed E-state index contributed by atoms with van der Waals surface area (Å²) in [6.07, 6.45) is 0. The molecule has 0 saturated heterocycles. The molecule has 0 aliphatic carbocycles. The molecule has 0 saturated carbocycles. The lowest BCUT2D eigenvalue weighted by Crippen LogP contribution is -2.10. The molecule has 3 aromatic rings. The van der Waals surface area contributed by atoms with Gasteiger partial charge < -0.3 is 19.8 Å². The van der Waals surface area contributed by atoms with Crippen LogP contribution in [-0.4, -0.2) is 23.2 Å². The number of hydrogen-bond donors (Lipinski definition) is 2. The summed E-state index contributed by atoms with van der Waals surface area (Å²) in [7, 11) is 1.59. The van der Waals surface area contributed by atoms with E-state index in [-0.39, 0.29) is 11.9 Å². The molecule has 7 nitrogen and oxygen atoms in total. The fraction of sp³-hybridized carbons (Fsp3) is 0.250. The Morgan fingerprint density at radius 3 is 2.70 bits per heavy atom. The third kappa shape index (κ3) is 4.44. The number of hydrogen-bond acceptors (Lipinski definition) is 6. The zero-order valence-electron chi connectivity index (χ0n) is 15.7. The van der Waals surface area contributed by atoms with Gasteiger partial charge in [-0.1, -0.05) is 17.7 Å². The van der Waals surface area contributed by atoms with Gasteiger partial charge >= 0.3 is 0 Å². The Morgan fingerprint density at radius 1 is 1.19 bits per heavy atom. The number of nitrogens with one attached hydrogen (secondary N) is 2. The number of aromatic nitrogens is 2. The van der Waals surface area contributed by atoms with Gasteiger partial charge in [0.05, 0.1) is 12.8 Å². The molecule has 0 spiro atoms. The molecule has 140 valence electrons. The lowest BCUT2D eigenvalue weighted by atomic mass is 10.1. The van der Waals surface area contributed by atoms with Crippen LogP contribution in [0.5, 0.6) is 5.75 Å². The van der Waals surface area contributed by atoms with E-state index in [4.69, 9.17) is 9.15 Å². The van der Waals surface area contributed by atoms with Gasteiger partial charge in [0, 0.05) is 18.2 Å². The van der Waals surface area contributed by atoms with Crippen molar-refractivity contribution in [2.45, 2.75) is 26.8 Å². The van der Waals surface area contributed by atoms with Crippen molar-refractivity contribution in [2.75, 3.05) is 17.7 Å². The Bertz CT molecular complexity index is 952. The summed E-state index contributed by atoms with van der Waals surface area (Å²) in [5.74, 6) is 1.44. The molecule has 1 aromatic heterocycles. The predicted molar refractivity (Wildman–Crippen MR) is 104 cm³/mol. The molecule has 0 aliphatic rings. The van der Waals surface area contributed by atoms with E-state index < -0.39 is 0 Å². The molecule has 0 fully saturated rings. The van der Waals surface area contributed by atoms with Crippen LogP contribution in [0, 0.1) is 6.92 Å². The Morgan fingerprint density at radius 2 is 2.00 bits per heavy atom. The van der Waals surface area contributed by atoms with Crippen molar-refractivity contribution in [3.63, 3.8) is 0 Å². The fourth-order valence-electron chi connectivity index (χ4n) is 2.70. The standard InChI is InChI=1S/C20H22N4O3/c1-12-6-5-7-15(10-12)20-24-23-19(27-20)13(2)21-17-11-16(22-14(3)25)8-9-18(17)26-4/h5-11,13,21H,1-4H3,(H,22,25). The predicted octanol–water partition coefficient (Wildman–Crippen LogP) is 4.19. The first-order chi connectivity index (χ1) is 13.0. The third-order valence-electron chi connectivity index (χ3n) is 3.97. The SMILES string of the molecule is COc1ccc(NC(C)=O)cc1NC(C)c1nnc(-c2cccc(C)c2)o1. The minimum Gasteiger partial charge on any atom is -0.495 e. The van der Waals surface area contributed by atoms with Gasteiger partial charge in [0.15, 0.2) is 0 Å². The minimum atomic E-state index is -0.252. The zero-order valence-corrected chi connectivity index (χ0v) is 15.7. The van der Waals surface area contributed by atoms with Crippen LogP contribution in [0.15, 0.2) is 46.9 Å². The minimum absolute atomic E-state index is 0.140. The molecule has 3 rings (SSSR count). The van der Waals surface area contributed by atoms with Crippen molar-refractivity contribution in [3.8, 4) is 17.2 Å². The van der Waals surface area contributed by atoms with Crippen LogP contribution < -0.4 is 15.4 Å². The summed E-state index contributed by atoms with van der Waals surface area (Å²) in [6, 6.07) is 13.0. The van der Waals surface area contributed by atoms with Crippen LogP contribution in [0.2, 0.25) is 0 Å². The van der Waals surface area contributed by atoms with Gasteiger partial charge in [0.25, 0.3) is 0 Å². The van der Waals surface area contributed by atoms with Crippen molar-refractivity contribution < 1.29 is 13.9 Å². The smallest absolute Gasteiger partial charge is 0.247 e. The quantitative estimate of drug-likeness (QED) is 0.680. The van der Waals surface area contributed by atoms with Crippen molar-refractivity contribution in [3.05, 3.63) is 53.9 Å². The third-order valence-corrected chi connectivity index (χ3v) is 3.97. The molecule has 1 atom stereocenters. The molecule has 2 N–H and O–H groups in total. The van der Waals surface area contributed by atoms with Crippen LogP contribution in [0.1, 0.15) is 31.3 Å². The number of carbonyl (C=O) groups is 1. The fourth-order valence-corrected chi connectivity index (χ4v) is 2.70.